The second kappa shape index (κ2) is 3.62. The van der Waals surface area contributed by atoms with Crippen LogP contribution in [0.5, 0.6) is 0 Å². The average Bonchev–Trinajstić information content (AvgIpc) is 1.68. The van der Waals surface area contributed by atoms with Crippen LogP contribution in [0.4, 0.5) is 0 Å². The molecule has 1 nitrogen and oxygen atoms in total. The van der Waals surface area contributed by atoms with E-state index in [4.69, 9.17) is 5.11 Å². The molecule has 0 unspecified atom stereocenters. The van der Waals surface area contributed by atoms with E-state index in [0.717, 1.165) is 5.57 Å². The summed E-state index contributed by atoms with van der Waals surface area (Å²) in [6, 6.07) is 0. The molecule has 0 saturated heterocycles. The van der Waals surface area contributed by atoms with Gasteiger partial charge in [0, 0.05) is 0 Å². The fraction of sp³-hybridized carbons (Fsp3) is 0.333. The van der Waals surface area contributed by atoms with Gasteiger partial charge in [-0.25, -0.2) is 0 Å². The monoisotopic (exact) mass is 98.1 g/mol. The van der Waals surface area contributed by atoms with Gasteiger partial charge in [0.05, 0.1) is 6.61 Å². The summed E-state index contributed by atoms with van der Waals surface area (Å²) in [6.07, 6.45) is 3.41. The Morgan fingerprint density at radius 3 is 2.57 bits per heavy atom. The molecule has 1 heteroatoms. The van der Waals surface area contributed by atoms with Crippen LogP contribution in [-0.2, 0) is 0 Å². The molecule has 0 aromatic heterocycles. The molecule has 1 N–H and O–H groups in total. The number of allylic oxidation sites excluding steroid dienone is 2. The van der Waals surface area contributed by atoms with Gasteiger partial charge in [-0.05, 0) is 6.92 Å². The average molecular weight is 98.1 g/mol. The third-order valence-electron chi connectivity index (χ3n) is 0.735. The maximum atomic E-state index is 8.24. The minimum absolute atomic E-state index is 0.109. The number of aliphatic hydroxyl groups excluding tert-OH is 1. The Bertz CT molecular complexity index is 82.2. The van der Waals surface area contributed by atoms with Crippen LogP contribution in [0.3, 0.4) is 0 Å². The van der Waals surface area contributed by atoms with Gasteiger partial charge in [0.1, 0.15) is 0 Å². The first-order valence-electron chi connectivity index (χ1n) is 2.21. The van der Waals surface area contributed by atoms with Gasteiger partial charge in [0.2, 0.25) is 0 Å². The molecule has 0 heterocycles. The van der Waals surface area contributed by atoms with E-state index in [0.29, 0.717) is 0 Å². The Hall–Kier alpha value is -0.560. The highest BCUT2D eigenvalue weighted by atomic mass is 16.2. The molecule has 0 saturated carbocycles. The van der Waals surface area contributed by atoms with Crippen molar-refractivity contribution in [2.45, 2.75) is 6.92 Å². The van der Waals surface area contributed by atoms with Crippen LogP contribution in [-0.4, -0.2) is 11.7 Å². The molecule has 0 aromatic rings. The van der Waals surface area contributed by atoms with Gasteiger partial charge in [-0.2, -0.15) is 0 Å². The second-order valence-corrected chi connectivity index (χ2v) is 1.33. The molecular formula is C6H10O. The van der Waals surface area contributed by atoms with Crippen molar-refractivity contribution in [3.8, 4) is 0 Å². The Morgan fingerprint density at radius 2 is 2.43 bits per heavy atom. The molecule has 0 spiro atoms. The summed E-state index contributed by atoms with van der Waals surface area (Å²) in [5, 5.41) is 8.24. The largest absolute Gasteiger partial charge is 0.392 e. The summed E-state index contributed by atoms with van der Waals surface area (Å²) in [4.78, 5) is 0. The van der Waals surface area contributed by atoms with Crippen molar-refractivity contribution in [3.63, 3.8) is 0 Å². The Labute approximate surface area is 44.0 Å². The summed E-state index contributed by atoms with van der Waals surface area (Å²) in [5.74, 6) is 0. The van der Waals surface area contributed by atoms with Gasteiger partial charge in [0.25, 0.3) is 0 Å². The number of hydrogen-bond donors (Lipinski definition) is 1. The highest BCUT2D eigenvalue weighted by molar-refractivity contribution is 5.12. The lowest BCUT2D eigenvalue weighted by atomic mass is 10.3. The summed E-state index contributed by atoms with van der Waals surface area (Å²) in [5.41, 5.74) is 1.02. The molecule has 0 aliphatic rings. The smallest absolute Gasteiger partial charge is 0.0617 e. The van der Waals surface area contributed by atoms with Crippen molar-refractivity contribution in [1.29, 1.82) is 0 Å². The zero-order valence-electron chi connectivity index (χ0n) is 4.52. The molecular weight excluding hydrogens is 88.1 g/mol. The van der Waals surface area contributed by atoms with Crippen molar-refractivity contribution >= 4 is 0 Å². The number of aliphatic hydroxyl groups is 1. The van der Waals surface area contributed by atoms with Crippen LogP contribution >= 0.6 is 0 Å². The maximum absolute atomic E-state index is 8.24. The predicted octanol–water partition coefficient (Wildman–Crippen LogP) is 1.11. The summed E-state index contributed by atoms with van der Waals surface area (Å²) in [7, 11) is 0. The molecule has 0 bridgehead atoms. The van der Waals surface area contributed by atoms with Crippen LogP contribution in [0.25, 0.3) is 0 Å². The molecule has 0 amide bonds. The molecule has 0 rings (SSSR count). The van der Waals surface area contributed by atoms with Crippen LogP contribution in [0.15, 0.2) is 24.3 Å². The lowest BCUT2D eigenvalue weighted by molar-refractivity contribution is 0.342. The van der Waals surface area contributed by atoms with Gasteiger partial charge in [-0.3, -0.25) is 0 Å². The zero-order valence-corrected chi connectivity index (χ0v) is 4.52. The fourth-order valence-corrected chi connectivity index (χ4v) is 0.227. The van der Waals surface area contributed by atoms with Gasteiger partial charge < -0.3 is 5.11 Å². The highest BCUT2D eigenvalue weighted by Crippen LogP contribution is 1.88. The van der Waals surface area contributed by atoms with Crippen LogP contribution in [0.2, 0.25) is 0 Å². The lowest BCUT2D eigenvalue weighted by Crippen LogP contribution is -1.73. The molecule has 40 valence electrons. The normalized spacial score (nSPS) is 11.4. The quantitative estimate of drug-likeness (QED) is 0.513. The Kier molecular flexibility index (Phi) is 3.33. The summed E-state index contributed by atoms with van der Waals surface area (Å²) in [6.45, 7) is 5.50. The second-order valence-electron chi connectivity index (χ2n) is 1.33. The van der Waals surface area contributed by atoms with E-state index in [1.165, 1.54) is 0 Å². The van der Waals surface area contributed by atoms with Crippen LogP contribution in [0.1, 0.15) is 6.92 Å². The van der Waals surface area contributed by atoms with E-state index in [-0.39, 0.29) is 6.61 Å². The van der Waals surface area contributed by atoms with E-state index in [1.54, 1.807) is 12.2 Å². The minimum Gasteiger partial charge on any atom is -0.392 e. The van der Waals surface area contributed by atoms with E-state index >= 15 is 0 Å². The van der Waals surface area contributed by atoms with Crippen molar-refractivity contribution in [2.24, 2.45) is 0 Å². The van der Waals surface area contributed by atoms with Crippen molar-refractivity contribution in [1.82, 2.24) is 0 Å². The van der Waals surface area contributed by atoms with Crippen molar-refractivity contribution < 1.29 is 5.11 Å². The number of rotatable bonds is 2. The van der Waals surface area contributed by atoms with Crippen molar-refractivity contribution in [2.75, 3.05) is 6.61 Å². The highest BCUT2D eigenvalue weighted by Gasteiger charge is 1.72. The Morgan fingerprint density at radius 1 is 1.86 bits per heavy atom. The van der Waals surface area contributed by atoms with E-state index in [9.17, 15) is 0 Å². The van der Waals surface area contributed by atoms with E-state index in [1.807, 2.05) is 6.92 Å². The van der Waals surface area contributed by atoms with Crippen molar-refractivity contribution in [3.05, 3.63) is 24.3 Å². The predicted molar refractivity (Wildman–Crippen MR) is 31.0 cm³/mol. The molecule has 0 aliphatic heterocycles. The number of hydrogen-bond acceptors (Lipinski definition) is 1. The standard InChI is InChI=1S/C6H10O/c1-3-6(2)4-5-7/h3-4,7H,1,5H2,2H3. The van der Waals surface area contributed by atoms with E-state index in [2.05, 4.69) is 6.58 Å². The molecule has 0 aromatic carbocycles. The van der Waals surface area contributed by atoms with Crippen LogP contribution < -0.4 is 0 Å². The fourth-order valence-electron chi connectivity index (χ4n) is 0.227. The summed E-state index contributed by atoms with van der Waals surface area (Å²) >= 11 is 0. The van der Waals surface area contributed by atoms with Gasteiger partial charge in [0.15, 0.2) is 0 Å². The van der Waals surface area contributed by atoms with Gasteiger partial charge in [-0.1, -0.05) is 24.3 Å². The topological polar surface area (TPSA) is 20.2 Å². The molecule has 0 atom stereocenters. The first-order chi connectivity index (χ1) is 3.31. The molecule has 0 radical (unpaired) electrons. The third kappa shape index (κ3) is 3.27. The van der Waals surface area contributed by atoms with Gasteiger partial charge >= 0.3 is 0 Å². The molecule has 0 aliphatic carbocycles. The van der Waals surface area contributed by atoms with Gasteiger partial charge in [-0.15, -0.1) is 0 Å². The molecule has 7 heavy (non-hydrogen) atoms. The zero-order chi connectivity index (χ0) is 5.70. The van der Waals surface area contributed by atoms with Crippen LogP contribution in [0, 0.1) is 0 Å². The Balaban J connectivity index is 3.49. The summed E-state index contributed by atoms with van der Waals surface area (Å²) < 4.78 is 0. The lowest BCUT2D eigenvalue weighted by Gasteiger charge is -1.83. The van der Waals surface area contributed by atoms with E-state index < -0.39 is 0 Å². The first kappa shape index (κ1) is 6.44. The third-order valence-corrected chi connectivity index (χ3v) is 0.735. The maximum Gasteiger partial charge on any atom is 0.0617 e. The minimum atomic E-state index is 0.109. The first-order valence-corrected chi connectivity index (χ1v) is 2.21. The molecule has 0 fully saturated rings. The SMILES string of the molecule is C=CC(C)=CCO.